The van der Waals surface area contributed by atoms with Crippen molar-refractivity contribution in [3.8, 4) is 5.75 Å². The number of amides is 1. The maximum Gasteiger partial charge on any atom is 0.287 e. The molecule has 0 bridgehead atoms. The number of hydrogen-bond donors (Lipinski definition) is 2. The van der Waals surface area contributed by atoms with Crippen LogP contribution in [0.4, 0.5) is 0 Å². The number of oxime groups is 1. The number of rotatable bonds is 3. The number of ether oxygens (including phenoxy) is 1. The minimum absolute atomic E-state index is 0.332. The Morgan fingerprint density at radius 2 is 2.24 bits per heavy atom. The van der Waals surface area contributed by atoms with Gasteiger partial charge in [-0.25, -0.2) is 5.48 Å². The molecule has 0 spiro atoms. The van der Waals surface area contributed by atoms with E-state index in [1.807, 2.05) is 12.1 Å². The van der Waals surface area contributed by atoms with Crippen LogP contribution in [0, 0.1) is 0 Å². The summed E-state index contributed by atoms with van der Waals surface area (Å²) in [5.74, 6) is 0.148. The van der Waals surface area contributed by atoms with E-state index < -0.39 is 12.0 Å². The van der Waals surface area contributed by atoms with Crippen LogP contribution in [0.5, 0.6) is 5.75 Å². The molecule has 0 saturated carbocycles. The van der Waals surface area contributed by atoms with Crippen molar-refractivity contribution in [2.45, 2.75) is 12.5 Å². The molecular formula is C11H12N2O4. The first-order valence-electron chi connectivity index (χ1n) is 5.05. The molecule has 0 fully saturated rings. The molecule has 90 valence electrons. The second-order valence-electron chi connectivity index (χ2n) is 3.54. The Hall–Kier alpha value is -2.08. The second kappa shape index (κ2) is 4.84. The van der Waals surface area contributed by atoms with Gasteiger partial charge >= 0.3 is 0 Å². The monoisotopic (exact) mass is 236 g/mol. The number of methoxy groups -OCH3 is 1. The van der Waals surface area contributed by atoms with Gasteiger partial charge in [-0.2, -0.15) is 0 Å². The highest BCUT2D eigenvalue weighted by Gasteiger charge is 2.28. The van der Waals surface area contributed by atoms with E-state index in [0.717, 1.165) is 11.3 Å². The molecule has 2 rings (SSSR count). The van der Waals surface area contributed by atoms with Crippen LogP contribution >= 0.6 is 0 Å². The average molecular weight is 236 g/mol. The van der Waals surface area contributed by atoms with Crippen molar-refractivity contribution in [1.29, 1.82) is 0 Å². The summed E-state index contributed by atoms with van der Waals surface area (Å²) in [6, 6.07) is 7.27. The van der Waals surface area contributed by atoms with E-state index in [2.05, 4.69) is 5.16 Å². The minimum Gasteiger partial charge on any atom is -0.497 e. The lowest BCUT2D eigenvalue weighted by molar-refractivity contribution is -0.139. The van der Waals surface area contributed by atoms with Gasteiger partial charge in [-0.15, -0.1) is 0 Å². The highest BCUT2D eigenvalue weighted by atomic mass is 16.6. The molecule has 0 unspecified atom stereocenters. The molecular weight excluding hydrogens is 224 g/mol. The Morgan fingerprint density at radius 1 is 1.53 bits per heavy atom. The molecule has 1 aromatic carbocycles. The zero-order valence-corrected chi connectivity index (χ0v) is 9.21. The fourth-order valence-corrected chi connectivity index (χ4v) is 1.54. The van der Waals surface area contributed by atoms with Crippen LogP contribution in [0.2, 0.25) is 0 Å². The van der Waals surface area contributed by atoms with Gasteiger partial charge in [0.1, 0.15) is 5.75 Å². The van der Waals surface area contributed by atoms with E-state index in [1.54, 1.807) is 19.2 Å². The maximum atomic E-state index is 11.1. The molecule has 0 radical (unpaired) electrons. The van der Waals surface area contributed by atoms with Crippen molar-refractivity contribution >= 4 is 11.6 Å². The van der Waals surface area contributed by atoms with Gasteiger partial charge in [0.2, 0.25) is 6.10 Å². The van der Waals surface area contributed by atoms with Crippen LogP contribution in [0.1, 0.15) is 12.0 Å². The van der Waals surface area contributed by atoms with Gasteiger partial charge in [0, 0.05) is 6.42 Å². The summed E-state index contributed by atoms with van der Waals surface area (Å²) < 4.78 is 5.04. The van der Waals surface area contributed by atoms with E-state index in [9.17, 15) is 4.79 Å². The van der Waals surface area contributed by atoms with Crippen molar-refractivity contribution in [3.63, 3.8) is 0 Å². The maximum absolute atomic E-state index is 11.1. The number of nitrogens with one attached hydrogen (secondary N) is 1. The molecule has 1 amide bonds. The Morgan fingerprint density at radius 3 is 2.82 bits per heavy atom. The number of nitrogens with zero attached hydrogens (tertiary/aromatic N) is 1. The highest BCUT2D eigenvalue weighted by Crippen LogP contribution is 2.19. The third-order valence-corrected chi connectivity index (χ3v) is 2.49. The number of hydroxylamine groups is 1. The first kappa shape index (κ1) is 11.4. The zero-order valence-electron chi connectivity index (χ0n) is 9.21. The Labute approximate surface area is 97.8 Å². The summed E-state index contributed by atoms with van der Waals surface area (Å²) in [7, 11) is 1.59. The molecule has 2 N–H and O–H groups in total. The van der Waals surface area contributed by atoms with E-state index in [4.69, 9.17) is 14.8 Å². The van der Waals surface area contributed by atoms with Gasteiger partial charge in [-0.3, -0.25) is 10.0 Å². The summed E-state index contributed by atoms with van der Waals surface area (Å²) >= 11 is 0. The van der Waals surface area contributed by atoms with Crippen LogP contribution in [-0.4, -0.2) is 30.0 Å². The fourth-order valence-electron chi connectivity index (χ4n) is 1.54. The quantitative estimate of drug-likeness (QED) is 0.597. The third kappa shape index (κ3) is 2.36. The summed E-state index contributed by atoms with van der Waals surface area (Å²) in [4.78, 5) is 16.0. The van der Waals surface area contributed by atoms with Gasteiger partial charge in [0.15, 0.2) is 0 Å². The number of carbonyl (C=O) groups is 1. The lowest BCUT2D eigenvalue weighted by atomic mass is 10.0. The second-order valence-corrected chi connectivity index (χ2v) is 3.54. The molecule has 6 nitrogen and oxygen atoms in total. The SMILES string of the molecule is COc1ccc(C2=NO[C@H](C(=O)NO)C2)cc1. The van der Waals surface area contributed by atoms with Gasteiger partial charge in [-0.1, -0.05) is 5.16 Å². The fraction of sp³-hybridized carbons (Fsp3) is 0.273. The van der Waals surface area contributed by atoms with E-state index in [0.29, 0.717) is 12.1 Å². The first-order valence-corrected chi connectivity index (χ1v) is 5.05. The number of benzene rings is 1. The van der Waals surface area contributed by atoms with Crippen LogP contribution in [0.15, 0.2) is 29.4 Å². The van der Waals surface area contributed by atoms with Crippen LogP contribution in [0.25, 0.3) is 0 Å². The van der Waals surface area contributed by atoms with E-state index in [1.165, 1.54) is 5.48 Å². The highest BCUT2D eigenvalue weighted by molar-refractivity contribution is 6.04. The van der Waals surface area contributed by atoms with Crippen molar-refractivity contribution < 1.29 is 19.6 Å². The number of hydrogen-bond acceptors (Lipinski definition) is 5. The van der Waals surface area contributed by atoms with Crippen LogP contribution in [0.3, 0.4) is 0 Å². The standard InChI is InChI=1S/C11H12N2O4/c1-16-8-4-2-7(3-5-8)9-6-10(17-13-9)11(14)12-15/h2-5,10,15H,6H2,1H3,(H,12,14)/t10-/m0/s1. The Balaban J connectivity index is 2.07. The lowest BCUT2D eigenvalue weighted by Crippen LogP contribution is -2.32. The largest absolute Gasteiger partial charge is 0.497 e. The van der Waals surface area contributed by atoms with Crippen molar-refractivity contribution in [3.05, 3.63) is 29.8 Å². The summed E-state index contributed by atoms with van der Waals surface area (Å²) in [5, 5.41) is 12.3. The lowest BCUT2D eigenvalue weighted by Gasteiger charge is -2.04. The third-order valence-electron chi connectivity index (χ3n) is 2.49. The molecule has 6 heteroatoms. The molecule has 1 heterocycles. The molecule has 1 aromatic rings. The normalized spacial score (nSPS) is 18.2. The molecule has 0 aliphatic carbocycles. The molecule has 0 aromatic heterocycles. The smallest absolute Gasteiger partial charge is 0.287 e. The molecule has 17 heavy (non-hydrogen) atoms. The minimum atomic E-state index is -0.767. The topological polar surface area (TPSA) is 80.2 Å². The van der Waals surface area contributed by atoms with Gasteiger partial charge in [-0.05, 0) is 29.8 Å². The molecule has 1 aliphatic rings. The predicted octanol–water partition coefficient (Wildman–Crippen LogP) is 0.694. The zero-order chi connectivity index (χ0) is 12.3. The van der Waals surface area contributed by atoms with E-state index in [-0.39, 0.29) is 0 Å². The molecule has 1 atom stereocenters. The van der Waals surface area contributed by atoms with Crippen molar-refractivity contribution in [2.75, 3.05) is 7.11 Å². The van der Waals surface area contributed by atoms with Crippen LogP contribution < -0.4 is 10.2 Å². The Kier molecular flexibility index (Phi) is 3.24. The number of carbonyl (C=O) groups excluding carboxylic acids is 1. The summed E-state index contributed by atoms with van der Waals surface area (Å²) in [5.41, 5.74) is 3.07. The molecule has 0 saturated heterocycles. The van der Waals surface area contributed by atoms with Gasteiger partial charge < -0.3 is 9.57 Å². The average Bonchev–Trinajstić information content (AvgIpc) is 2.87. The van der Waals surface area contributed by atoms with Gasteiger partial charge in [0.25, 0.3) is 5.91 Å². The molecule has 1 aliphatic heterocycles. The Bertz CT molecular complexity index is 441. The van der Waals surface area contributed by atoms with Gasteiger partial charge in [0.05, 0.1) is 12.8 Å². The summed E-state index contributed by atoms with van der Waals surface area (Å²) in [6.45, 7) is 0. The van der Waals surface area contributed by atoms with Crippen molar-refractivity contribution in [1.82, 2.24) is 5.48 Å². The van der Waals surface area contributed by atoms with Crippen LogP contribution in [-0.2, 0) is 9.63 Å². The van der Waals surface area contributed by atoms with Crippen molar-refractivity contribution in [2.24, 2.45) is 5.16 Å². The first-order chi connectivity index (χ1) is 8.24. The van der Waals surface area contributed by atoms with E-state index >= 15 is 0 Å². The summed E-state index contributed by atoms with van der Waals surface area (Å²) in [6.07, 6.45) is -0.435. The predicted molar refractivity (Wildman–Crippen MR) is 59.0 cm³/mol.